The number of hydrogen-bond acceptors (Lipinski definition) is 2. The molecule has 2 nitrogen and oxygen atoms in total. The molecular weight excluding hydrogens is 268 g/mol. The van der Waals surface area contributed by atoms with Crippen LogP contribution in [0.15, 0.2) is 48.5 Å². The van der Waals surface area contributed by atoms with Gasteiger partial charge in [-0.3, -0.25) is 0 Å². The Morgan fingerprint density at radius 2 is 0.909 bits per heavy atom. The van der Waals surface area contributed by atoms with Crippen molar-refractivity contribution in [1.29, 1.82) is 0 Å². The van der Waals surface area contributed by atoms with Crippen LogP contribution in [-0.2, 0) is 0 Å². The Labute approximate surface area is 135 Å². The van der Waals surface area contributed by atoms with Gasteiger partial charge in [-0.25, -0.2) is 0 Å². The van der Waals surface area contributed by atoms with Crippen LogP contribution in [-0.4, -0.2) is 27.2 Å². The van der Waals surface area contributed by atoms with Gasteiger partial charge in [0.15, 0.2) is 0 Å². The smallest absolute Gasteiger partial charge is 0.0363 e. The Bertz CT molecular complexity index is 504. The lowest BCUT2D eigenvalue weighted by molar-refractivity contribution is 0.708. The topological polar surface area (TPSA) is 6.48 Å². The third-order valence-electron chi connectivity index (χ3n) is 4.19. The fourth-order valence-corrected chi connectivity index (χ4v) is 2.55. The summed E-state index contributed by atoms with van der Waals surface area (Å²) in [6, 6.07) is 17.5. The molecule has 2 rings (SSSR count). The maximum atomic E-state index is 2.34. The molecule has 0 saturated heterocycles. The average molecular weight is 296 g/mol. The van der Waals surface area contributed by atoms with E-state index in [2.05, 4.69) is 86.3 Å². The van der Waals surface area contributed by atoms with Crippen LogP contribution in [0, 0.1) is 13.8 Å². The summed E-state index contributed by atoms with van der Waals surface area (Å²) in [6.07, 6.45) is 2.42. The van der Waals surface area contributed by atoms with Crippen LogP contribution in [0.2, 0.25) is 0 Å². The molecule has 22 heavy (non-hydrogen) atoms. The molecule has 0 aliphatic heterocycles. The quantitative estimate of drug-likeness (QED) is 0.686. The van der Waals surface area contributed by atoms with Gasteiger partial charge in [-0.15, -0.1) is 0 Å². The molecule has 0 spiro atoms. The van der Waals surface area contributed by atoms with E-state index in [1.807, 2.05) is 0 Å². The molecule has 0 aromatic heterocycles. The maximum Gasteiger partial charge on any atom is 0.0363 e. The average Bonchev–Trinajstić information content (AvgIpc) is 2.52. The summed E-state index contributed by atoms with van der Waals surface area (Å²) in [5.74, 6) is 0. The first-order chi connectivity index (χ1) is 10.6. The number of benzene rings is 2. The summed E-state index contributed by atoms with van der Waals surface area (Å²) in [5.41, 5.74) is 5.24. The first kappa shape index (κ1) is 16.4. The highest BCUT2D eigenvalue weighted by Crippen LogP contribution is 2.16. The molecule has 0 aliphatic carbocycles. The summed E-state index contributed by atoms with van der Waals surface area (Å²) >= 11 is 0. The van der Waals surface area contributed by atoms with E-state index in [0.29, 0.717) is 0 Å². The summed E-state index contributed by atoms with van der Waals surface area (Å²) in [7, 11) is 4.35. The summed E-state index contributed by atoms with van der Waals surface area (Å²) in [5, 5.41) is 0. The highest BCUT2D eigenvalue weighted by molar-refractivity contribution is 5.47. The van der Waals surface area contributed by atoms with Crippen molar-refractivity contribution in [2.24, 2.45) is 0 Å². The zero-order valence-corrected chi connectivity index (χ0v) is 14.3. The predicted molar refractivity (Wildman–Crippen MR) is 98.1 cm³/mol. The molecule has 2 aromatic rings. The second kappa shape index (κ2) is 7.88. The van der Waals surface area contributed by atoms with Crippen molar-refractivity contribution < 1.29 is 0 Å². The molecule has 0 aliphatic rings. The van der Waals surface area contributed by atoms with E-state index in [0.717, 1.165) is 13.1 Å². The third kappa shape index (κ3) is 4.80. The van der Waals surface area contributed by atoms with Crippen molar-refractivity contribution in [1.82, 2.24) is 0 Å². The van der Waals surface area contributed by atoms with E-state index in [1.165, 1.54) is 35.3 Å². The Balaban J connectivity index is 1.72. The van der Waals surface area contributed by atoms with Gasteiger partial charge in [-0.2, -0.15) is 0 Å². The van der Waals surface area contributed by atoms with E-state index in [9.17, 15) is 0 Å². The van der Waals surface area contributed by atoms with Crippen molar-refractivity contribution >= 4 is 11.4 Å². The lowest BCUT2D eigenvalue weighted by Crippen LogP contribution is -2.22. The van der Waals surface area contributed by atoms with Gasteiger partial charge < -0.3 is 9.80 Å². The van der Waals surface area contributed by atoms with Gasteiger partial charge >= 0.3 is 0 Å². The fourth-order valence-electron chi connectivity index (χ4n) is 2.55. The van der Waals surface area contributed by atoms with Crippen molar-refractivity contribution in [3.63, 3.8) is 0 Å². The van der Waals surface area contributed by atoms with Crippen LogP contribution in [0.25, 0.3) is 0 Å². The minimum Gasteiger partial charge on any atom is -0.375 e. The van der Waals surface area contributed by atoms with Crippen LogP contribution in [0.1, 0.15) is 24.0 Å². The van der Waals surface area contributed by atoms with Crippen LogP contribution < -0.4 is 9.80 Å². The molecule has 0 fully saturated rings. The molecule has 118 valence electrons. The van der Waals surface area contributed by atoms with Crippen molar-refractivity contribution in [3.8, 4) is 0 Å². The molecule has 0 heterocycles. The van der Waals surface area contributed by atoms with Crippen LogP contribution >= 0.6 is 0 Å². The molecule has 0 bridgehead atoms. The van der Waals surface area contributed by atoms with Crippen molar-refractivity contribution in [2.75, 3.05) is 37.0 Å². The van der Waals surface area contributed by atoms with Gasteiger partial charge in [-0.05, 0) is 51.0 Å². The zero-order valence-electron chi connectivity index (χ0n) is 14.3. The monoisotopic (exact) mass is 296 g/mol. The van der Waals surface area contributed by atoms with Crippen LogP contribution in [0.3, 0.4) is 0 Å². The minimum absolute atomic E-state index is 1.10. The molecule has 2 heteroatoms. The molecule has 0 amide bonds. The SMILES string of the molecule is Cc1ccc(N(C)CCCCN(C)c2ccc(C)cc2)cc1. The van der Waals surface area contributed by atoms with Crippen molar-refractivity contribution in [3.05, 3.63) is 59.7 Å². The fraction of sp³-hybridized carbons (Fsp3) is 0.400. The molecule has 0 N–H and O–H groups in total. The zero-order chi connectivity index (χ0) is 15.9. The van der Waals surface area contributed by atoms with E-state index in [1.54, 1.807) is 0 Å². The van der Waals surface area contributed by atoms with E-state index in [4.69, 9.17) is 0 Å². The number of nitrogens with zero attached hydrogens (tertiary/aromatic N) is 2. The van der Waals surface area contributed by atoms with Gasteiger partial charge in [0.25, 0.3) is 0 Å². The van der Waals surface area contributed by atoms with Gasteiger partial charge in [0.2, 0.25) is 0 Å². The summed E-state index contributed by atoms with van der Waals surface area (Å²) in [6.45, 7) is 6.46. The Hall–Kier alpha value is -1.96. The highest BCUT2D eigenvalue weighted by Gasteiger charge is 2.03. The first-order valence-electron chi connectivity index (χ1n) is 8.12. The number of hydrogen-bond donors (Lipinski definition) is 0. The summed E-state index contributed by atoms with van der Waals surface area (Å²) in [4.78, 5) is 4.68. The number of anilines is 2. The molecule has 2 aromatic carbocycles. The highest BCUT2D eigenvalue weighted by atomic mass is 15.1. The van der Waals surface area contributed by atoms with Crippen LogP contribution in [0.4, 0.5) is 11.4 Å². The lowest BCUT2D eigenvalue weighted by atomic mass is 10.2. The Morgan fingerprint density at radius 3 is 1.23 bits per heavy atom. The van der Waals surface area contributed by atoms with Crippen molar-refractivity contribution in [2.45, 2.75) is 26.7 Å². The molecule has 0 radical (unpaired) electrons. The largest absolute Gasteiger partial charge is 0.375 e. The van der Waals surface area contributed by atoms with Gasteiger partial charge in [0, 0.05) is 38.6 Å². The first-order valence-corrected chi connectivity index (χ1v) is 8.12. The second-order valence-corrected chi connectivity index (χ2v) is 6.22. The van der Waals surface area contributed by atoms with Gasteiger partial charge in [-0.1, -0.05) is 35.4 Å². The maximum absolute atomic E-state index is 2.34. The number of unbranched alkanes of at least 4 members (excludes halogenated alkanes) is 1. The Morgan fingerprint density at radius 1 is 0.591 bits per heavy atom. The minimum atomic E-state index is 1.10. The molecule has 0 atom stereocenters. The number of aryl methyl sites for hydroxylation is 2. The normalized spacial score (nSPS) is 10.5. The standard InChI is InChI=1S/C20H28N2/c1-17-7-11-19(12-8-17)21(3)15-5-6-16-22(4)20-13-9-18(2)10-14-20/h7-14H,5-6,15-16H2,1-4H3. The van der Waals surface area contributed by atoms with Gasteiger partial charge in [0.1, 0.15) is 0 Å². The predicted octanol–water partition coefficient (Wildman–Crippen LogP) is 4.66. The third-order valence-corrected chi connectivity index (χ3v) is 4.19. The van der Waals surface area contributed by atoms with E-state index in [-0.39, 0.29) is 0 Å². The molecule has 0 saturated carbocycles. The Kier molecular flexibility index (Phi) is 5.88. The van der Waals surface area contributed by atoms with Crippen LogP contribution in [0.5, 0.6) is 0 Å². The lowest BCUT2D eigenvalue weighted by Gasteiger charge is -2.22. The molecule has 0 unspecified atom stereocenters. The van der Waals surface area contributed by atoms with Gasteiger partial charge in [0.05, 0.1) is 0 Å². The van der Waals surface area contributed by atoms with E-state index < -0.39 is 0 Å². The van der Waals surface area contributed by atoms with E-state index >= 15 is 0 Å². The number of rotatable bonds is 7. The summed E-state index contributed by atoms with van der Waals surface area (Å²) < 4.78 is 0. The molecular formula is C20H28N2. The second-order valence-electron chi connectivity index (χ2n) is 6.22.